The van der Waals surface area contributed by atoms with Crippen molar-refractivity contribution in [1.82, 2.24) is 0 Å². The van der Waals surface area contributed by atoms with Crippen LogP contribution in [0.3, 0.4) is 0 Å². The van der Waals surface area contributed by atoms with Crippen LogP contribution >= 0.6 is 10.3 Å². The Morgan fingerprint density at radius 3 is 1.72 bits per heavy atom. The number of fused-ring (bicyclic) bond motifs is 1. The standard InChI is InChI=1S/C26H23F17O5S2/c1-2-46-11-12-47-16-10-13-49(14-16,18-9-5-7-15-6-3-4-8-17(15)18)48-50(44,45)26(42,43)24(37,38)22(33,34)20(29,30)19(27,28)21(31,32)23(35,36)25(39,40)41/h3-9,16H,2,10-14H2,1H3. The molecule has 0 saturated carbocycles. The lowest BCUT2D eigenvalue weighted by atomic mass is 9.91. The van der Waals surface area contributed by atoms with Gasteiger partial charge in [-0.3, -0.25) is 0 Å². The van der Waals surface area contributed by atoms with Crippen LogP contribution in [-0.2, 0) is 23.2 Å². The molecule has 5 nitrogen and oxygen atoms in total. The van der Waals surface area contributed by atoms with Crippen LogP contribution in [0, 0.1) is 0 Å². The molecule has 1 aliphatic heterocycles. The van der Waals surface area contributed by atoms with Crippen LogP contribution in [0.1, 0.15) is 13.3 Å². The Kier molecular flexibility index (Phi) is 11.2. The molecular weight excluding hydrogens is 779 g/mol. The van der Waals surface area contributed by atoms with E-state index in [9.17, 15) is 74.3 Å². The first-order chi connectivity index (χ1) is 22.4. The van der Waals surface area contributed by atoms with Gasteiger partial charge in [0.1, 0.15) is 0 Å². The van der Waals surface area contributed by atoms with E-state index in [-0.39, 0.29) is 41.9 Å². The minimum atomic E-state index is -8.94. The van der Waals surface area contributed by atoms with Crippen LogP contribution in [0.25, 0.3) is 10.8 Å². The van der Waals surface area contributed by atoms with Gasteiger partial charge in [-0.25, -0.2) is 3.63 Å². The maximum atomic E-state index is 15.1. The van der Waals surface area contributed by atoms with Gasteiger partial charge in [-0.1, -0.05) is 46.7 Å². The Bertz CT molecular complexity index is 1630. The van der Waals surface area contributed by atoms with Gasteiger partial charge in [0.2, 0.25) is 0 Å². The lowest BCUT2D eigenvalue weighted by Crippen LogP contribution is -2.75. The average molecular weight is 803 g/mol. The largest absolute Gasteiger partial charge is 0.460 e. The van der Waals surface area contributed by atoms with Crippen LogP contribution in [0.4, 0.5) is 74.6 Å². The molecule has 0 aliphatic carbocycles. The molecule has 0 amide bonds. The van der Waals surface area contributed by atoms with Crippen molar-refractivity contribution in [2.75, 3.05) is 31.3 Å². The fraction of sp³-hybridized carbons (Fsp3) is 0.615. The third-order valence-electron chi connectivity index (χ3n) is 7.39. The van der Waals surface area contributed by atoms with Crippen LogP contribution in [0.5, 0.6) is 0 Å². The van der Waals surface area contributed by atoms with Gasteiger partial charge in [-0.15, -0.1) is 0 Å². The van der Waals surface area contributed by atoms with E-state index >= 15 is 8.78 Å². The highest BCUT2D eigenvalue weighted by molar-refractivity contribution is 8.33. The highest BCUT2D eigenvalue weighted by Gasteiger charge is 2.96. The predicted octanol–water partition coefficient (Wildman–Crippen LogP) is 9.06. The summed E-state index contributed by atoms with van der Waals surface area (Å²) in [6.45, 7) is 1.48. The molecule has 1 aliphatic rings. The third kappa shape index (κ3) is 6.37. The predicted molar refractivity (Wildman–Crippen MR) is 141 cm³/mol. The number of benzene rings is 2. The molecule has 1 fully saturated rings. The second kappa shape index (κ2) is 13.3. The van der Waals surface area contributed by atoms with Gasteiger partial charge in [0.25, 0.3) is 0 Å². The molecule has 1 saturated heterocycles. The van der Waals surface area contributed by atoms with E-state index in [1.54, 1.807) is 6.92 Å². The van der Waals surface area contributed by atoms with Gasteiger partial charge in [0.15, 0.2) is 0 Å². The van der Waals surface area contributed by atoms with Gasteiger partial charge < -0.3 is 9.47 Å². The Labute approximate surface area is 272 Å². The summed E-state index contributed by atoms with van der Waals surface area (Å²) >= 11 is 0. The summed E-state index contributed by atoms with van der Waals surface area (Å²) in [6.07, 6.45) is -9.36. The highest BCUT2D eigenvalue weighted by Crippen LogP contribution is 2.68. The summed E-state index contributed by atoms with van der Waals surface area (Å²) in [5, 5.41) is -7.54. The van der Waals surface area contributed by atoms with Crippen molar-refractivity contribution in [1.29, 1.82) is 0 Å². The Morgan fingerprint density at radius 2 is 1.18 bits per heavy atom. The second-order valence-corrected chi connectivity index (χ2v) is 15.4. The molecule has 2 aromatic rings. The number of hydrogen-bond donors (Lipinski definition) is 0. The van der Waals surface area contributed by atoms with Crippen molar-refractivity contribution in [3.8, 4) is 0 Å². The number of alkyl halides is 17. The zero-order valence-electron chi connectivity index (χ0n) is 24.6. The highest BCUT2D eigenvalue weighted by atomic mass is 32.3. The minimum Gasteiger partial charge on any atom is -0.379 e. The molecule has 1 heterocycles. The molecule has 0 aromatic heterocycles. The van der Waals surface area contributed by atoms with Crippen molar-refractivity contribution in [2.45, 2.75) is 71.3 Å². The molecule has 50 heavy (non-hydrogen) atoms. The third-order valence-corrected chi connectivity index (χ3v) is 13.0. The summed E-state index contributed by atoms with van der Waals surface area (Å²) < 4.78 is 276. The molecule has 2 unspecified atom stereocenters. The van der Waals surface area contributed by atoms with Gasteiger partial charge in [0.05, 0.1) is 19.3 Å². The van der Waals surface area contributed by atoms with Crippen LogP contribution < -0.4 is 0 Å². The normalized spacial score (nSPS) is 22.2. The fourth-order valence-corrected chi connectivity index (χ4v) is 10.6. The zero-order valence-corrected chi connectivity index (χ0v) is 26.3. The van der Waals surface area contributed by atoms with E-state index in [1.165, 1.54) is 36.4 Å². The van der Waals surface area contributed by atoms with Crippen molar-refractivity contribution in [3.05, 3.63) is 42.5 Å². The quantitative estimate of drug-likeness (QED) is 0.133. The minimum absolute atomic E-state index is 0.00886. The number of ether oxygens (including phenoxy) is 2. The van der Waals surface area contributed by atoms with E-state index < -0.39 is 85.0 Å². The summed E-state index contributed by atoms with van der Waals surface area (Å²) in [7, 11) is -11.8. The summed E-state index contributed by atoms with van der Waals surface area (Å²) in [5.74, 6) is -53.7. The molecule has 2 aromatic carbocycles. The molecule has 0 N–H and O–H groups in total. The van der Waals surface area contributed by atoms with E-state index in [2.05, 4.69) is 3.63 Å². The summed E-state index contributed by atoms with van der Waals surface area (Å²) in [4.78, 5) is -0.327. The van der Waals surface area contributed by atoms with Gasteiger partial charge in [0, 0.05) is 23.0 Å². The van der Waals surface area contributed by atoms with E-state index in [0.717, 1.165) is 6.07 Å². The SMILES string of the molecule is CCOCCOC1CCS(OS(=O)(=O)C(F)(F)C(F)(F)C(F)(F)C(F)(F)C(F)(F)C(F)(F)C(F)(F)C(F)(F)F)(c2cccc3ccccc23)C1. The first-order valence-corrected chi connectivity index (χ1v) is 16.9. The van der Waals surface area contributed by atoms with Crippen molar-refractivity contribution in [2.24, 2.45) is 0 Å². The molecule has 0 bridgehead atoms. The first kappa shape index (κ1) is 42.1. The smallest absolute Gasteiger partial charge is 0.379 e. The topological polar surface area (TPSA) is 61.8 Å². The van der Waals surface area contributed by atoms with E-state index in [1.807, 2.05) is 0 Å². The summed E-state index contributed by atoms with van der Waals surface area (Å²) in [6, 6.07) is 9.00. The van der Waals surface area contributed by atoms with Gasteiger partial charge in [-0.05, 0) is 30.2 Å². The van der Waals surface area contributed by atoms with E-state index in [0.29, 0.717) is 0 Å². The van der Waals surface area contributed by atoms with Crippen LogP contribution in [0.2, 0.25) is 0 Å². The number of hydrogen-bond acceptors (Lipinski definition) is 5. The molecular formula is C26H23F17O5S2. The molecule has 2 atom stereocenters. The van der Waals surface area contributed by atoms with Crippen molar-refractivity contribution >= 4 is 31.2 Å². The van der Waals surface area contributed by atoms with Crippen molar-refractivity contribution in [3.63, 3.8) is 0 Å². The first-order valence-electron chi connectivity index (χ1n) is 13.6. The summed E-state index contributed by atoms with van der Waals surface area (Å²) in [5.41, 5.74) is 0. The lowest BCUT2D eigenvalue weighted by molar-refractivity contribution is -0.458. The monoisotopic (exact) mass is 802 g/mol. The Hall–Kier alpha value is -2.31. The van der Waals surface area contributed by atoms with Crippen LogP contribution in [-0.4, -0.2) is 92.8 Å². The molecule has 0 spiro atoms. The van der Waals surface area contributed by atoms with Crippen molar-refractivity contribution < 1.29 is 96.2 Å². The second-order valence-electron chi connectivity index (χ2n) is 10.6. The maximum absolute atomic E-state index is 15.1. The molecule has 3 rings (SSSR count). The molecule has 288 valence electrons. The van der Waals surface area contributed by atoms with Crippen LogP contribution in [0.15, 0.2) is 47.4 Å². The average Bonchev–Trinajstić information content (AvgIpc) is 3.40. The Balaban J connectivity index is 2.14. The molecule has 0 radical (unpaired) electrons. The fourth-order valence-electron chi connectivity index (χ4n) is 4.68. The zero-order chi connectivity index (χ0) is 38.6. The molecule has 24 heteroatoms. The lowest BCUT2D eigenvalue weighted by Gasteiger charge is -2.43. The Morgan fingerprint density at radius 1 is 0.680 bits per heavy atom. The number of halogens is 17. The van der Waals surface area contributed by atoms with Gasteiger partial charge >= 0.3 is 57.1 Å². The maximum Gasteiger partial charge on any atom is 0.460 e. The van der Waals surface area contributed by atoms with E-state index in [4.69, 9.17) is 9.47 Å². The number of rotatable bonds is 15. The van der Waals surface area contributed by atoms with Gasteiger partial charge in [-0.2, -0.15) is 83.1 Å².